The van der Waals surface area contributed by atoms with E-state index in [1.165, 1.54) is 19.8 Å². The lowest BCUT2D eigenvalue weighted by Gasteiger charge is -2.58. The van der Waals surface area contributed by atoms with E-state index in [1.807, 2.05) is 0 Å². The summed E-state index contributed by atoms with van der Waals surface area (Å²) in [4.78, 5) is 11.3. The Kier molecular flexibility index (Phi) is 3.92. The molecule has 0 radical (unpaired) electrons. The van der Waals surface area contributed by atoms with E-state index in [1.54, 1.807) is 5.57 Å². The molecule has 3 nitrogen and oxygen atoms in total. The summed E-state index contributed by atoms with van der Waals surface area (Å²) in [7, 11) is 0. The Balaban J connectivity index is 1.60. The first-order valence-corrected chi connectivity index (χ1v) is 10.3. The summed E-state index contributed by atoms with van der Waals surface area (Å²) >= 11 is 0. The third-order valence-electron chi connectivity index (χ3n) is 8.95. The molecule has 4 rings (SSSR count). The summed E-state index contributed by atoms with van der Waals surface area (Å²) in [6, 6.07) is 0. The molecule has 0 aromatic rings. The van der Waals surface area contributed by atoms with E-state index in [0.717, 1.165) is 44.4 Å². The van der Waals surface area contributed by atoms with E-state index in [0.29, 0.717) is 11.8 Å². The fourth-order valence-electron chi connectivity index (χ4n) is 7.21. The maximum Gasteiger partial charge on any atom is 0.302 e. The Labute approximate surface area is 152 Å². The van der Waals surface area contributed by atoms with Crippen molar-refractivity contribution in [3.8, 4) is 0 Å². The van der Waals surface area contributed by atoms with Gasteiger partial charge in [0.15, 0.2) is 0 Å². The Morgan fingerprint density at radius 1 is 1.12 bits per heavy atom. The molecule has 140 valence electrons. The van der Waals surface area contributed by atoms with E-state index in [-0.39, 0.29) is 22.9 Å². The Hall–Kier alpha value is -0.830. The number of carbonyl (C=O) groups excluding carboxylic acids is 1. The van der Waals surface area contributed by atoms with Gasteiger partial charge < -0.3 is 9.84 Å². The third-order valence-corrected chi connectivity index (χ3v) is 8.95. The third kappa shape index (κ3) is 2.44. The minimum atomic E-state index is -0.499. The number of ether oxygens (including phenoxy) is 1. The first-order valence-electron chi connectivity index (χ1n) is 10.3. The SMILES string of the molecule is CC(=O)OC1CCC2(C)C(=CCC3C2CCC2(C)C3CCC2(C)O)C1. The average molecular weight is 347 g/mol. The summed E-state index contributed by atoms with van der Waals surface area (Å²) in [6.45, 7) is 8.41. The molecule has 0 spiro atoms. The van der Waals surface area contributed by atoms with Gasteiger partial charge in [-0.05, 0) is 80.5 Å². The van der Waals surface area contributed by atoms with Crippen LogP contribution >= 0.6 is 0 Å². The van der Waals surface area contributed by atoms with Crippen LogP contribution in [0.1, 0.15) is 79.1 Å². The van der Waals surface area contributed by atoms with Crippen molar-refractivity contribution >= 4 is 5.97 Å². The predicted octanol–water partition coefficient (Wildman–Crippen LogP) is 4.63. The van der Waals surface area contributed by atoms with E-state index in [9.17, 15) is 9.90 Å². The maximum atomic E-state index is 11.3. The van der Waals surface area contributed by atoms with Crippen molar-refractivity contribution in [2.45, 2.75) is 90.8 Å². The first-order chi connectivity index (χ1) is 11.7. The molecule has 3 saturated carbocycles. The summed E-state index contributed by atoms with van der Waals surface area (Å²) < 4.78 is 5.52. The number of rotatable bonds is 1. The lowest BCUT2D eigenvalue weighted by molar-refractivity contribution is -0.149. The van der Waals surface area contributed by atoms with Crippen molar-refractivity contribution in [2.24, 2.45) is 28.6 Å². The van der Waals surface area contributed by atoms with Crippen molar-refractivity contribution in [1.29, 1.82) is 0 Å². The lowest BCUT2D eigenvalue weighted by atomic mass is 9.47. The van der Waals surface area contributed by atoms with E-state index in [4.69, 9.17) is 4.74 Å². The second-order valence-corrected chi connectivity index (χ2v) is 10.0. The van der Waals surface area contributed by atoms with E-state index in [2.05, 4.69) is 26.8 Å². The van der Waals surface area contributed by atoms with Gasteiger partial charge in [-0.2, -0.15) is 0 Å². The summed E-state index contributed by atoms with van der Waals surface area (Å²) in [5.74, 6) is 1.95. The van der Waals surface area contributed by atoms with Crippen molar-refractivity contribution < 1.29 is 14.6 Å². The van der Waals surface area contributed by atoms with Gasteiger partial charge in [-0.3, -0.25) is 4.79 Å². The average Bonchev–Trinajstić information content (AvgIpc) is 2.77. The molecule has 1 N–H and O–H groups in total. The van der Waals surface area contributed by atoms with Crippen LogP contribution in [-0.4, -0.2) is 22.8 Å². The van der Waals surface area contributed by atoms with Crippen LogP contribution in [0.2, 0.25) is 0 Å². The van der Waals surface area contributed by atoms with Crippen molar-refractivity contribution in [3.63, 3.8) is 0 Å². The molecule has 25 heavy (non-hydrogen) atoms. The monoisotopic (exact) mass is 346 g/mol. The molecule has 7 unspecified atom stereocenters. The zero-order chi connectivity index (χ0) is 18.0. The highest BCUT2D eigenvalue weighted by molar-refractivity contribution is 5.66. The molecule has 0 heterocycles. The first kappa shape index (κ1) is 17.6. The summed E-state index contributed by atoms with van der Waals surface area (Å²) in [5, 5.41) is 11.0. The standard InChI is InChI=1S/C22H34O3/c1-14(23)25-16-7-10-20(2)15(13-16)5-6-17-18(20)8-11-21(3)19(17)9-12-22(21,4)24/h5,16-19,24H,6-13H2,1-4H3. The van der Waals surface area contributed by atoms with Crippen LogP contribution in [0.3, 0.4) is 0 Å². The Morgan fingerprint density at radius 3 is 2.56 bits per heavy atom. The van der Waals surface area contributed by atoms with Crippen molar-refractivity contribution in [3.05, 3.63) is 11.6 Å². The zero-order valence-corrected chi connectivity index (χ0v) is 16.3. The van der Waals surface area contributed by atoms with Gasteiger partial charge in [0.1, 0.15) is 6.10 Å². The van der Waals surface area contributed by atoms with Gasteiger partial charge >= 0.3 is 5.97 Å². The van der Waals surface area contributed by atoms with Gasteiger partial charge in [0.2, 0.25) is 0 Å². The minimum absolute atomic E-state index is 0.0782. The molecule has 4 aliphatic carbocycles. The quantitative estimate of drug-likeness (QED) is 0.556. The normalized spacial score (nSPS) is 51.8. The van der Waals surface area contributed by atoms with E-state index >= 15 is 0 Å². The highest BCUT2D eigenvalue weighted by Crippen LogP contribution is 2.67. The number of fused-ring (bicyclic) bond motifs is 5. The number of carbonyl (C=O) groups is 1. The van der Waals surface area contributed by atoms with Gasteiger partial charge in [0, 0.05) is 13.3 Å². The highest BCUT2D eigenvalue weighted by Gasteiger charge is 2.62. The molecule has 7 atom stereocenters. The number of hydrogen-bond donors (Lipinski definition) is 1. The van der Waals surface area contributed by atoms with Crippen LogP contribution in [0.4, 0.5) is 0 Å². The van der Waals surface area contributed by atoms with Crippen molar-refractivity contribution in [2.75, 3.05) is 0 Å². The molecule has 0 bridgehead atoms. The molecule has 0 aliphatic heterocycles. The Bertz CT molecular complexity index is 606. The topological polar surface area (TPSA) is 46.5 Å². The van der Waals surface area contributed by atoms with Gasteiger partial charge in [-0.15, -0.1) is 0 Å². The fourth-order valence-corrected chi connectivity index (χ4v) is 7.21. The molecular weight excluding hydrogens is 312 g/mol. The molecule has 0 aromatic heterocycles. The van der Waals surface area contributed by atoms with Crippen LogP contribution in [0, 0.1) is 28.6 Å². The number of aliphatic hydroxyl groups is 1. The van der Waals surface area contributed by atoms with Crippen LogP contribution < -0.4 is 0 Å². The predicted molar refractivity (Wildman–Crippen MR) is 97.9 cm³/mol. The number of allylic oxidation sites excluding steroid dienone is 1. The van der Waals surface area contributed by atoms with Crippen molar-refractivity contribution in [1.82, 2.24) is 0 Å². The largest absolute Gasteiger partial charge is 0.462 e. The molecule has 4 aliphatic rings. The maximum absolute atomic E-state index is 11.3. The van der Waals surface area contributed by atoms with Gasteiger partial charge in [0.25, 0.3) is 0 Å². The molecule has 3 heteroatoms. The van der Waals surface area contributed by atoms with Crippen LogP contribution in [-0.2, 0) is 9.53 Å². The molecule has 3 fully saturated rings. The highest BCUT2D eigenvalue weighted by atomic mass is 16.5. The number of esters is 1. The molecule has 0 aromatic carbocycles. The minimum Gasteiger partial charge on any atom is -0.462 e. The van der Waals surface area contributed by atoms with Gasteiger partial charge in [0.05, 0.1) is 5.60 Å². The van der Waals surface area contributed by atoms with Crippen LogP contribution in [0.15, 0.2) is 11.6 Å². The second kappa shape index (κ2) is 5.58. The smallest absolute Gasteiger partial charge is 0.302 e. The van der Waals surface area contributed by atoms with Gasteiger partial charge in [-0.1, -0.05) is 25.5 Å². The molecular formula is C22H34O3. The van der Waals surface area contributed by atoms with Crippen LogP contribution in [0.25, 0.3) is 0 Å². The Morgan fingerprint density at radius 2 is 1.84 bits per heavy atom. The van der Waals surface area contributed by atoms with Gasteiger partial charge in [-0.25, -0.2) is 0 Å². The fraction of sp³-hybridized carbons (Fsp3) is 0.864. The lowest BCUT2D eigenvalue weighted by Crippen LogP contribution is -2.53. The molecule has 0 saturated heterocycles. The summed E-state index contributed by atoms with van der Waals surface area (Å²) in [5.41, 5.74) is 1.40. The number of hydrogen-bond acceptors (Lipinski definition) is 3. The zero-order valence-electron chi connectivity index (χ0n) is 16.3. The summed E-state index contributed by atoms with van der Waals surface area (Å²) in [6.07, 6.45) is 11.3. The van der Waals surface area contributed by atoms with E-state index < -0.39 is 5.60 Å². The van der Waals surface area contributed by atoms with Crippen LogP contribution in [0.5, 0.6) is 0 Å². The molecule has 0 amide bonds. The second-order valence-electron chi connectivity index (χ2n) is 10.0.